The molecule has 2 rings (SSSR count). The van der Waals surface area contributed by atoms with Crippen molar-refractivity contribution < 1.29 is 9.53 Å². The highest BCUT2D eigenvalue weighted by molar-refractivity contribution is 5.78. The summed E-state index contributed by atoms with van der Waals surface area (Å²) in [5.74, 6) is 0.752. The average Bonchev–Trinajstić information content (AvgIpc) is 2.83. The smallest absolute Gasteiger partial charge is 0.260 e. The summed E-state index contributed by atoms with van der Waals surface area (Å²) in [5.41, 5.74) is 7.33. The van der Waals surface area contributed by atoms with Crippen molar-refractivity contribution in [2.45, 2.75) is 19.8 Å². The van der Waals surface area contributed by atoms with E-state index in [0.29, 0.717) is 11.4 Å². The third-order valence-electron chi connectivity index (χ3n) is 3.02. The quantitative estimate of drug-likeness (QED) is 0.808. The van der Waals surface area contributed by atoms with Crippen LogP contribution in [-0.2, 0) is 4.79 Å². The van der Waals surface area contributed by atoms with E-state index in [-0.39, 0.29) is 12.5 Å². The molecule has 0 aliphatic carbocycles. The molecule has 1 amide bonds. The fraction of sp³-hybridized carbons (Fsp3) is 0.462. The lowest BCUT2D eigenvalue weighted by Crippen LogP contribution is -2.32. The van der Waals surface area contributed by atoms with E-state index in [9.17, 15) is 4.79 Å². The summed E-state index contributed by atoms with van der Waals surface area (Å²) in [6.45, 7) is 3.76. The Bertz CT molecular complexity index is 412. The number of hydrogen-bond acceptors (Lipinski definition) is 3. The normalized spacial score (nSPS) is 15.0. The van der Waals surface area contributed by atoms with Gasteiger partial charge in [0.1, 0.15) is 5.75 Å². The van der Waals surface area contributed by atoms with Gasteiger partial charge in [-0.3, -0.25) is 4.79 Å². The van der Waals surface area contributed by atoms with Gasteiger partial charge in [0, 0.05) is 24.8 Å². The summed E-state index contributed by atoms with van der Waals surface area (Å²) in [5, 5.41) is 0. The fourth-order valence-electron chi connectivity index (χ4n) is 1.97. The summed E-state index contributed by atoms with van der Waals surface area (Å²) < 4.78 is 5.52. The Kier molecular flexibility index (Phi) is 3.52. The van der Waals surface area contributed by atoms with E-state index in [0.717, 1.165) is 31.5 Å². The van der Waals surface area contributed by atoms with Crippen molar-refractivity contribution in [3.63, 3.8) is 0 Å². The van der Waals surface area contributed by atoms with Crippen molar-refractivity contribution in [3.8, 4) is 5.75 Å². The van der Waals surface area contributed by atoms with Crippen LogP contribution in [0.15, 0.2) is 18.2 Å². The zero-order valence-corrected chi connectivity index (χ0v) is 10.1. The SMILES string of the molecule is Cc1ccc(N)cc1OCC(=O)N1CCCC1. The first-order chi connectivity index (χ1) is 8.16. The molecule has 1 aliphatic heterocycles. The topological polar surface area (TPSA) is 55.6 Å². The molecule has 1 aromatic rings. The van der Waals surface area contributed by atoms with Gasteiger partial charge in [0.05, 0.1) is 0 Å². The van der Waals surface area contributed by atoms with Crippen molar-refractivity contribution in [2.75, 3.05) is 25.4 Å². The van der Waals surface area contributed by atoms with Gasteiger partial charge in [-0.1, -0.05) is 6.07 Å². The van der Waals surface area contributed by atoms with Crippen LogP contribution in [0, 0.1) is 6.92 Å². The van der Waals surface area contributed by atoms with Crippen LogP contribution in [-0.4, -0.2) is 30.5 Å². The third-order valence-corrected chi connectivity index (χ3v) is 3.02. The molecule has 1 saturated heterocycles. The largest absolute Gasteiger partial charge is 0.483 e. The number of nitrogen functional groups attached to an aromatic ring is 1. The van der Waals surface area contributed by atoms with E-state index in [1.54, 1.807) is 6.07 Å². The highest BCUT2D eigenvalue weighted by atomic mass is 16.5. The highest BCUT2D eigenvalue weighted by Crippen LogP contribution is 2.20. The second kappa shape index (κ2) is 5.08. The first-order valence-electron chi connectivity index (χ1n) is 5.93. The minimum Gasteiger partial charge on any atom is -0.483 e. The van der Waals surface area contributed by atoms with Crippen LogP contribution in [0.3, 0.4) is 0 Å². The minimum absolute atomic E-state index is 0.0596. The fourth-order valence-corrected chi connectivity index (χ4v) is 1.97. The molecule has 1 aliphatic rings. The average molecular weight is 234 g/mol. The Morgan fingerprint density at radius 1 is 1.41 bits per heavy atom. The molecule has 0 spiro atoms. The van der Waals surface area contributed by atoms with Gasteiger partial charge in [0.2, 0.25) is 0 Å². The van der Waals surface area contributed by atoms with Crippen LogP contribution in [0.4, 0.5) is 5.69 Å². The molecular weight excluding hydrogens is 216 g/mol. The van der Waals surface area contributed by atoms with E-state index >= 15 is 0 Å². The summed E-state index contributed by atoms with van der Waals surface area (Å²) in [6.07, 6.45) is 2.20. The number of anilines is 1. The lowest BCUT2D eigenvalue weighted by atomic mass is 10.2. The van der Waals surface area contributed by atoms with Gasteiger partial charge in [0.25, 0.3) is 5.91 Å². The lowest BCUT2D eigenvalue weighted by Gasteiger charge is -2.16. The van der Waals surface area contributed by atoms with Gasteiger partial charge in [-0.2, -0.15) is 0 Å². The summed E-state index contributed by atoms with van der Waals surface area (Å²) >= 11 is 0. The van der Waals surface area contributed by atoms with E-state index < -0.39 is 0 Å². The molecule has 1 heterocycles. The summed E-state index contributed by atoms with van der Waals surface area (Å²) in [6, 6.07) is 5.47. The maximum absolute atomic E-state index is 11.8. The van der Waals surface area contributed by atoms with Gasteiger partial charge in [-0.05, 0) is 31.4 Å². The Morgan fingerprint density at radius 3 is 2.82 bits per heavy atom. The number of ether oxygens (including phenoxy) is 1. The summed E-state index contributed by atoms with van der Waals surface area (Å²) in [7, 11) is 0. The molecule has 1 aromatic carbocycles. The molecule has 0 bridgehead atoms. The predicted octanol–water partition coefficient (Wildman–Crippen LogP) is 1.58. The number of carbonyl (C=O) groups is 1. The number of likely N-dealkylation sites (tertiary alicyclic amines) is 1. The molecule has 2 N–H and O–H groups in total. The van der Waals surface area contributed by atoms with Gasteiger partial charge in [-0.25, -0.2) is 0 Å². The first-order valence-corrected chi connectivity index (χ1v) is 5.93. The lowest BCUT2D eigenvalue weighted by molar-refractivity contribution is -0.132. The van der Waals surface area contributed by atoms with Crippen LogP contribution in [0.2, 0.25) is 0 Å². The zero-order valence-electron chi connectivity index (χ0n) is 10.1. The van der Waals surface area contributed by atoms with Gasteiger partial charge < -0.3 is 15.4 Å². The maximum atomic E-state index is 11.8. The highest BCUT2D eigenvalue weighted by Gasteiger charge is 2.18. The molecule has 0 atom stereocenters. The van der Waals surface area contributed by atoms with Crippen molar-refractivity contribution >= 4 is 11.6 Å². The van der Waals surface area contributed by atoms with Crippen LogP contribution in [0.25, 0.3) is 0 Å². The van der Waals surface area contributed by atoms with Gasteiger partial charge in [-0.15, -0.1) is 0 Å². The van der Waals surface area contributed by atoms with Crippen LogP contribution in [0.1, 0.15) is 18.4 Å². The molecule has 1 fully saturated rings. The van der Waals surface area contributed by atoms with E-state index in [2.05, 4.69) is 0 Å². The third kappa shape index (κ3) is 2.90. The van der Waals surface area contributed by atoms with Crippen LogP contribution >= 0.6 is 0 Å². The Balaban J connectivity index is 1.92. The standard InChI is InChI=1S/C13H18N2O2/c1-10-4-5-11(14)8-12(10)17-9-13(16)15-6-2-3-7-15/h4-5,8H,2-3,6-7,9,14H2,1H3. The first kappa shape index (κ1) is 11.8. The molecule has 0 aromatic heterocycles. The molecule has 4 heteroatoms. The second-order valence-electron chi connectivity index (χ2n) is 4.40. The molecular formula is C13H18N2O2. The Labute approximate surface area is 101 Å². The van der Waals surface area contributed by atoms with Crippen molar-refractivity contribution in [1.29, 1.82) is 0 Å². The Hall–Kier alpha value is -1.71. The molecule has 92 valence electrons. The zero-order chi connectivity index (χ0) is 12.3. The molecule has 0 saturated carbocycles. The number of hydrogen-bond donors (Lipinski definition) is 1. The number of aryl methyl sites for hydroxylation is 1. The van der Waals surface area contributed by atoms with Crippen LogP contribution in [0.5, 0.6) is 5.75 Å². The molecule has 17 heavy (non-hydrogen) atoms. The molecule has 4 nitrogen and oxygen atoms in total. The number of amides is 1. The van der Waals surface area contributed by atoms with E-state index in [1.165, 1.54) is 0 Å². The van der Waals surface area contributed by atoms with Crippen molar-refractivity contribution in [2.24, 2.45) is 0 Å². The molecule has 0 radical (unpaired) electrons. The minimum atomic E-state index is 0.0596. The van der Waals surface area contributed by atoms with Gasteiger partial charge in [0.15, 0.2) is 6.61 Å². The predicted molar refractivity (Wildman–Crippen MR) is 66.9 cm³/mol. The monoisotopic (exact) mass is 234 g/mol. The summed E-state index contributed by atoms with van der Waals surface area (Å²) in [4.78, 5) is 13.6. The number of nitrogens with zero attached hydrogens (tertiary/aromatic N) is 1. The van der Waals surface area contributed by atoms with E-state index in [1.807, 2.05) is 24.0 Å². The van der Waals surface area contributed by atoms with Crippen LogP contribution < -0.4 is 10.5 Å². The number of benzene rings is 1. The number of rotatable bonds is 3. The van der Waals surface area contributed by atoms with Crippen molar-refractivity contribution in [3.05, 3.63) is 23.8 Å². The Morgan fingerprint density at radius 2 is 2.12 bits per heavy atom. The van der Waals surface area contributed by atoms with Gasteiger partial charge >= 0.3 is 0 Å². The van der Waals surface area contributed by atoms with Crippen molar-refractivity contribution in [1.82, 2.24) is 4.90 Å². The molecule has 0 unspecified atom stereocenters. The number of carbonyl (C=O) groups excluding carboxylic acids is 1. The second-order valence-corrected chi connectivity index (χ2v) is 4.40. The van der Waals surface area contributed by atoms with E-state index in [4.69, 9.17) is 10.5 Å². The number of nitrogens with two attached hydrogens (primary N) is 1. The maximum Gasteiger partial charge on any atom is 0.260 e.